The van der Waals surface area contributed by atoms with E-state index in [-0.39, 0.29) is 17.9 Å². The maximum absolute atomic E-state index is 12.7. The molecule has 2 aromatic heterocycles. The topological polar surface area (TPSA) is 74.3 Å². The van der Waals surface area contributed by atoms with Crippen LogP contribution in [0.2, 0.25) is 0 Å². The molecule has 2 aromatic rings. The number of likely N-dealkylation sites (tertiary alicyclic amines) is 1. The van der Waals surface area contributed by atoms with Gasteiger partial charge in [0.25, 0.3) is 0 Å². The largest absolute Gasteiger partial charge is 0.333 e. The fourth-order valence-electron chi connectivity index (χ4n) is 3.68. The predicted molar refractivity (Wildman–Crippen MR) is 108 cm³/mol. The zero-order valence-electron chi connectivity index (χ0n) is 15.2. The number of aryl methyl sites for hydroxylation is 2. The summed E-state index contributed by atoms with van der Waals surface area (Å²) >= 11 is 3.23. The van der Waals surface area contributed by atoms with Gasteiger partial charge in [-0.2, -0.15) is 0 Å². The minimum atomic E-state index is -0.174. The molecule has 4 rings (SSSR count). The lowest BCUT2D eigenvalue weighted by atomic mass is 9.97. The highest BCUT2D eigenvalue weighted by Gasteiger charge is 2.29. The zero-order chi connectivity index (χ0) is 18.6. The molecule has 1 saturated heterocycles. The fraction of sp³-hybridized carbons (Fsp3) is 0.526. The summed E-state index contributed by atoms with van der Waals surface area (Å²) in [7, 11) is 0. The summed E-state index contributed by atoms with van der Waals surface area (Å²) in [5.74, 6) is -0.191. The van der Waals surface area contributed by atoms with Gasteiger partial charge in [-0.25, -0.2) is 9.78 Å². The lowest BCUT2D eigenvalue weighted by Gasteiger charge is -2.31. The van der Waals surface area contributed by atoms with Crippen LogP contribution in [0.25, 0.3) is 0 Å². The summed E-state index contributed by atoms with van der Waals surface area (Å²) in [6, 6.07) is 3.89. The number of piperidine rings is 1. The van der Waals surface area contributed by atoms with Crippen molar-refractivity contribution in [3.05, 3.63) is 33.0 Å². The lowest BCUT2D eigenvalue weighted by molar-refractivity contribution is -0.121. The van der Waals surface area contributed by atoms with Crippen molar-refractivity contribution >= 4 is 39.7 Å². The van der Waals surface area contributed by atoms with Crippen molar-refractivity contribution in [2.75, 3.05) is 18.4 Å². The summed E-state index contributed by atoms with van der Waals surface area (Å²) < 4.78 is 0. The number of carbonyl (C=O) groups is 2. The van der Waals surface area contributed by atoms with Gasteiger partial charge < -0.3 is 15.5 Å². The van der Waals surface area contributed by atoms with Crippen molar-refractivity contribution in [2.24, 2.45) is 5.92 Å². The van der Waals surface area contributed by atoms with E-state index in [2.05, 4.69) is 15.6 Å². The van der Waals surface area contributed by atoms with Crippen LogP contribution in [0, 0.1) is 5.92 Å². The average Bonchev–Trinajstić information content (AvgIpc) is 3.35. The SMILES string of the molecule is O=C(Nc1nc2c(s1)CCCC2)C1CCCN(C(=O)NCc2cccs2)C1. The third-order valence-corrected chi connectivity index (χ3v) is 7.10. The number of nitrogens with one attached hydrogen (secondary N) is 2. The van der Waals surface area contributed by atoms with Gasteiger partial charge >= 0.3 is 6.03 Å². The number of thiophene rings is 1. The first-order valence-electron chi connectivity index (χ1n) is 9.53. The Morgan fingerprint density at radius 2 is 2.15 bits per heavy atom. The van der Waals surface area contributed by atoms with E-state index in [1.54, 1.807) is 27.6 Å². The Bertz CT molecular complexity index is 779. The molecule has 27 heavy (non-hydrogen) atoms. The Morgan fingerprint density at radius 3 is 2.96 bits per heavy atom. The van der Waals surface area contributed by atoms with Crippen molar-refractivity contribution in [3.63, 3.8) is 0 Å². The third kappa shape index (κ3) is 4.50. The molecule has 0 saturated carbocycles. The Balaban J connectivity index is 1.31. The summed E-state index contributed by atoms with van der Waals surface area (Å²) in [5, 5.41) is 8.66. The molecule has 0 spiro atoms. The van der Waals surface area contributed by atoms with Gasteiger partial charge in [-0.3, -0.25) is 4.79 Å². The molecule has 0 radical (unpaired) electrons. The third-order valence-electron chi connectivity index (χ3n) is 5.15. The number of fused-ring (bicyclic) bond motifs is 1. The first-order valence-corrected chi connectivity index (χ1v) is 11.2. The molecule has 1 aliphatic heterocycles. The van der Waals surface area contributed by atoms with Gasteiger partial charge in [0.05, 0.1) is 18.2 Å². The lowest BCUT2D eigenvalue weighted by Crippen LogP contribution is -2.47. The van der Waals surface area contributed by atoms with Crippen molar-refractivity contribution in [2.45, 2.75) is 45.1 Å². The second-order valence-electron chi connectivity index (χ2n) is 7.11. The van der Waals surface area contributed by atoms with Gasteiger partial charge in [0.2, 0.25) is 5.91 Å². The van der Waals surface area contributed by atoms with Crippen LogP contribution in [0.4, 0.5) is 9.93 Å². The van der Waals surface area contributed by atoms with Gasteiger partial charge in [-0.1, -0.05) is 6.07 Å². The van der Waals surface area contributed by atoms with Gasteiger partial charge in [0, 0.05) is 22.8 Å². The number of hydrogen-bond donors (Lipinski definition) is 2. The maximum atomic E-state index is 12.7. The number of nitrogens with zero attached hydrogens (tertiary/aromatic N) is 2. The predicted octanol–water partition coefficient (Wildman–Crippen LogP) is 3.64. The van der Waals surface area contributed by atoms with Crippen LogP contribution < -0.4 is 10.6 Å². The molecular formula is C19H24N4O2S2. The molecule has 144 valence electrons. The summed E-state index contributed by atoms with van der Waals surface area (Å²) in [4.78, 5) is 33.9. The van der Waals surface area contributed by atoms with Gasteiger partial charge in [-0.05, 0) is 50.0 Å². The molecule has 6 nitrogen and oxygen atoms in total. The Morgan fingerprint density at radius 1 is 1.26 bits per heavy atom. The van der Waals surface area contributed by atoms with E-state index in [4.69, 9.17) is 0 Å². The van der Waals surface area contributed by atoms with Gasteiger partial charge in [0.1, 0.15) is 0 Å². The summed E-state index contributed by atoms with van der Waals surface area (Å²) in [5.41, 5.74) is 1.15. The molecule has 2 aliphatic rings. The molecular weight excluding hydrogens is 380 g/mol. The normalized spacial score (nSPS) is 19.4. The number of carbonyl (C=O) groups excluding carboxylic acids is 2. The Hall–Kier alpha value is -1.93. The van der Waals surface area contributed by atoms with Crippen LogP contribution >= 0.6 is 22.7 Å². The van der Waals surface area contributed by atoms with Gasteiger partial charge in [0.15, 0.2) is 5.13 Å². The minimum absolute atomic E-state index is 0.0168. The van der Waals surface area contributed by atoms with E-state index in [1.807, 2.05) is 17.5 Å². The minimum Gasteiger partial charge on any atom is -0.333 e. The molecule has 1 fully saturated rings. The molecule has 0 bridgehead atoms. The van der Waals surface area contributed by atoms with E-state index in [9.17, 15) is 9.59 Å². The van der Waals surface area contributed by atoms with Crippen molar-refractivity contribution in [3.8, 4) is 0 Å². The van der Waals surface area contributed by atoms with E-state index < -0.39 is 0 Å². The summed E-state index contributed by atoms with van der Waals surface area (Å²) in [6.45, 7) is 1.70. The molecule has 3 heterocycles. The summed E-state index contributed by atoms with van der Waals surface area (Å²) in [6.07, 6.45) is 6.14. The molecule has 1 atom stereocenters. The molecule has 1 aliphatic carbocycles. The number of hydrogen-bond acceptors (Lipinski definition) is 5. The molecule has 1 unspecified atom stereocenters. The number of urea groups is 1. The van der Waals surface area contributed by atoms with Crippen LogP contribution in [0.5, 0.6) is 0 Å². The van der Waals surface area contributed by atoms with Crippen LogP contribution in [-0.4, -0.2) is 34.9 Å². The highest BCUT2D eigenvalue weighted by molar-refractivity contribution is 7.15. The van der Waals surface area contributed by atoms with Crippen LogP contribution in [-0.2, 0) is 24.2 Å². The highest BCUT2D eigenvalue weighted by atomic mass is 32.1. The molecule has 0 aromatic carbocycles. The maximum Gasteiger partial charge on any atom is 0.317 e. The van der Waals surface area contributed by atoms with Crippen molar-refractivity contribution in [1.29, 1.82) is 0 Å². The second kappa shape index (κ2) is 8.39. The van der Waals surface area contributed by atoms with Crippen LogP contribution in [0.1, 0.15) is 41.1 Å². The Kier molecular flexibility index (Phi) is 5.73. The van der Waals surface area contributed by atoms with Crippen LogP contribution in [0.3, 0.4) is 0 Å². The Labute approximate surface area is 167 Å². The molecule has 3 amide bonds. The van der Waals surface area contributed by atoms with E-state index >= 15 is 0 Å². The standard InChI is InChI=1S/C19H24N4O2S2/c24-17(22-18-21-15-7-1-2-8-16(15)27-18)13-5-3-9-23(12-13)19(25)20-11-14-6-4-10-26-14/h4,6,10,13H,1-3,5,7-9,11-12H2,(H,20,25)(H,21,22,24). The molecule has 2 N–H and O–H groups in total. The average molecular weight is 405 g/mol. The van der Waals surface area contributed by atoms with Crippen molar-refractivity contribution < 1.29 is 9.59 Å². The van der Waals surface area contributed by atoms with Gasteiger partial charge in [-0.15, -0.1) is 22.7 Å². The number of amides is 3. The number of rotatable bonds is 4. The highest BCUT2D eigenvalue weighted by Crippen LogP contribution is 2.30. The molecule has 8 heteroatoms. The zero-order valence-corrected chi connectivity index (χ0v) is 16.8. The van der Waals surface area contributed by atoms with E-state index in [0.29, 0.717) is 24.8 Å². The fourth-order valence-corrected chi connectivity index (χ4v) is 5.37. The van der Waals surface area contributed by atoms with Crippen LogP contribution in [0.15, 0.2) is 17.5 Å². The van der Waals surface area contributed by atoms with E-state index in [0.717, 1.165) is 36.3 Å². The quantitative estimate of drug-likeness (QED) is 0.817. The smallest absolute Gasteiger partial charge is 0.317 e. The van der Waals surface area contributed by atoms with E-state index in [1.165, 1.54) is 17.7 Å². The second-order valence-corrected chi connectivity index (χ2v) is 9.22. The number of anilines is 1. The monoisotopic (exact) mass is 404 g/mol. The number of thiazole rings is 1. The first-order chi connectivity index (χ1) is 13.2. The first kappa shape index (κ1) is 18.4. The van der Waals surface area contributed by atoms with Crippen molar-refractivity contribution in [1.82, 2.24) is 15.2 Å². The number of aromatic nitrogens is 1.